The lowest BCUT2D eigenvalue weighted by Crippen LogP contribution is -2.40. The Kier molecular flexibility index (Phi) is 2.00. The first-order valence-electron chi connectivity index (χ1n) is 4.03. The van der Waals surface area contributed by atoms with Crippen molar-refractivity contribution >= 4 is 34.8 Å². The number of anilines is 1. The van der Waals surface area contributed by atoms with E-state index in [9.17, 15) is 4.79 Å². The predicted octanol–water partition coefficient (Wildman–Crippen LogP) is 2.12. The van der Waals surface area contributed by atoms with Gasteiger partial charge >= 0.3 is 0 Å². The van der Waals surface area contributed by atoms with Crippen LogP contribution in [0, 0.1) is 0 Å². The number of nitrogens with two attached hydrogens (primary N) is 1. The monoisotopic (exact) mass is 230 g/mol. The zero-order valence-electron chi connectivity index (χ0n) is 7.40. The van der Waals surface area contributed by atoms with E-state index in [1.807, 2.05) is 0 Å². The summed E-state index contributed by atoms with van der Waals surface area (Å²) in [5, 5.41) is 3.52. The largest absolute Gasteiger partial charge is 0.323 e. The normalized spacial score (nSPS) is 24.7. The standard InChI is InChI=1S/C9H8Cl2N2O/c1-9(12)6-4(10)2-3-5(11)7(6)13-8(9)14/h2-3H,12H2,1H3,(H,13,14)/t9-/m1/s1. The summed E-state index contributed by atoms with van der Waals surface area (Å²) in [6.07, 6.45) is 0. The number of carbonyl (C=O) groups is 1. The molecule has 3 N–H and O–H groups in total. The number of hydrogen-bond donors (Lipinski definition) is 2. The third kappa shape index (κ3) is 1.13. The summed E-state index contributed by atoms with van der Waals surface area (Å²) < 4.78 is 0. The topological polar surface area (TPSA) is 55.1 Å². The van der Waals surface area contributed by atoms with Crippen molar-refractivity contribution in [2.75, 3.05) is 5.32 Å². The Morgan fingerprint density at radius 1 is 1.36 bits per heavy atom. The molecule has 1 aliphatic heterocycles. The van der Waals surface area contributed by atoms with E-state index in [-0.39, 0.29) is 5.91 Å². The number of nitrogens with one attached hydrogen (secondary N) is 1. The van der Waals surface area contributed by atoms with Crippen molar-refractivity contribution in [3.63, 3.8) is 0 Å². The van der Waals surface area contributed by atoms with E-state index in [2.05, 4.69) is 5.32 Å². The molecule has 0 saturated heterocycles. The van der Waals surface area contributed by atoms with Gasteiger partial charge in [0.15, 0.2) is 0 Å². The Balaban J connectivity index is 2.76. The number of hydrogen-bond acceptors (Lipinski definition) is 2. The quantitative estimate of drug-likeness (QED) is 0.718. The van der Waals surface area contributed by atoms with Gasteiger partial charge in [0.2, 0.25) is 5.91 Å². The number of halogens is 2. The number of carbonyl (C=O) groups excluding carboxylic acids is 1. The third-order valence-corrected chi connectivity index (χ3v) is 2.96. The molecule has 1 aliphatic rings. The second kappa shape index (κ2) is 2.86. The van der Waals surface area contributed by atoms with E-state index < -0.39 is 5.54 Å². The minimum atomic E-state index is -1.10. The average Bonchev–Trinajstić information content (AvgIpc) is 2.33. The molecule has 0 spiro atoms. The van der Waals surface area contributed by atoms with Gasteiger partial charge in [0, 0.05) is 10.6 Å². The van der Waals surface area contributed by atoms with E-state index in [0.29, 0.717) is 21.3 Å². The highest BCUT2D eigenvalue weighted by atomic mass is 35.5. The predicted molar refractivity (Wildman–Crippen MR) is 56.6 cm³/mol. The second-order valence-electron chi connectivity index (χ2n) is 3.44. The van der Waals surface area contributed by atoms with Crippen molar-refractivity contribution in [3.05, 3.63) is 27.7 Å². The van der Waals surface area contributed by atoms with Crippen molar-refractivity contribution in [1.29, 1.82) is 0 Å². The molecule has 0 unspecified atom stereocenters. The maximum Gasteiger partial charge on any atom is 0.248 e. The van der Waals surface area contributed by atoms with Crippen LogP contribution < -0.4 is 11.1 Å². The molecular weight excluding hydrogens is 223 g/mol. The smallest absolute Gasteiger partial charge is 0.248 e. The molecule has 1 amide bonds. The second-order valence-corrected chi connectivity index (χ2v) is 4.25. The Morgan fingerprint density at radius 2 is 1.93 bits per heavy atom. The van der Waals surface area contributed by atoms with Crippen molar-refractivity contribution in [2.45, 2.75) is 12.5 Å². The van der Waals surface area contributed by atoms with Gasteiger partial charge in [0.25, 0.3) is 0 Å². The van der Waals surface area contributed by atoms with Crippen LogP contribution in [0.1, 0.15) is 12.5 Å². The molecule has 0 bridgehead atoms. The highest BCUT2D eigenvalue weighted by Crippen LogP contribution is 2.42. The van der Waals surface area contributed by atoms with Crippen molar-refractivity contribution in [1.82, 2.24) is 0 Å². The first kappa shape index (κ1) is 9.77. The van der Waals surface area contributed by atoms with Crippen LogP contribution in [0.5, 0.6) is 0 Å². The van der Waals surface area contributed by atoms with Gasteiger partial charge in [-0.15, -0.1) is 0 Å². The summed E-state index contributed by atoms with van der Waals surface area (Å²) >= 11 is 11.9. The Hall–Kier alpha value is -0.770. The summed E-state index contributed by atoms with van der Waals surface area (Å²) in [6.45, 7) is 1.61. The first-order chi connectivity index (χ1) is 6.44. The molecule has 0 aromatic heterocycles. The molecular formula is C9H8Cl2N2O. The number of rotatable bonds is 0. The van der Waals surface area contributed by atoms with Crippen LogP contribution in [0.3, 0.4) is 0 Å². The van der Waals surface area contributed by atoms with Crippen LogP contribution in [0.15, 0.2) is 12.1 Å². The Labute approximate surface area is 91.2 Å². The number of benzene rings is 1. The van der Waals surface area contributed by atoms with Gasteiger partial charge < -0.3 is 11.1 Å². The van der Waals surface area contributed by atoms with Gasteiger partial charge in [0.1, 0.15) is 5.54 Å². The zero-order valence-corrected chi connectivity index (χ0v) is 8.91. The van der Waals surface area contributed by atoms with Gasteiger partial charge in [-0.05, 0) is 19.1 Å². The van der Waals surface area contributed by atoms with Gasteiger partial charge in [-0.25, -0.2) is 0 Å². The molecule has 5 heteroatoms. The average molecular weight is 231 g/mol. The summed E-state index contributed by atoms with van der Waals surface area (Å²) in [4.78, 5) is 11.5. The highest BCUT2D eigenvalue weighted by Gasteiger charge is 2.41. The molecule has 0 fully saturated rings. The van der Waals surface area contributed by atoms with Crippen LogP contribution >= 0.6 is 23.2 Å². The van der Waals surface area contributed by atoms with Gasteiger partial charge in [-0.3, -0.25) is 4.79 Å². The van der Waals surface area contributed by atoms with E-state index in [1.54, 1.807) is 19.1 Å². The lowest BCUT2D eigenvalue weighted by molar-refractivity contribution is -0.120. The van der Waals surface area contributed by atoms with E-state index in [1.165, 1.54) is 0 Å². The molecule has 1 aromatic carbocycles. The van der Waals surface area contributed by atoms with E-state index in [0.717, 1.165) is 0 Å². The minimum Gasteiger partial charge on any atom is -0.323 e. The third-order valence-electron chi connectivity index (χ3n) is 2.33. The van der Waals surface area contributed by atoms with Crippen LogP contribution in [-0.4, -0.2) is 5.91 Å². The summed E-state index contributed by atoms with van der Waals surface area (Å²) in [5.41, 5.74) is 5.84. The molecule has 0 saturated carbocycles. The summed E-state index contributed by atoms with van der Waals surface area (Å²) in [6, 6.07) is 3.26. The maximum absolute atomic E-state index is 11.5. The molecule has 1 aromatic rings. The van der Waals surface area contributed by atoms with E-state index in [4.69, 9.17) is 28.9 Å². The molecule has 1 atom stereocenters. The fourth-order valence-corrected chi connectivity index (χ4v) is 2.10. The first-order valence-corrected chi connectivity index (χ1v) is 4.79. The van der Waals surface area contributed by atoms with Crippen LogP contribution in [0.25, 0.3) is 0 Å². The molecule has 0 aliphatic carbocycles. The molecule has 14 heavy (non-hydrogen) atoms. The molecule has 0 radical (unpaired) electrons. The number of fused-ring (bicyclic) bond motifs is 1. The van der Waals surface area contributed by atoms with Crippen LogP contribution in [0.4, 0.5) is 5.69 Å². The van der Waals surface area contributed by atoms with Crippen molar-refractivity contribution in [3.8, 4) is 0 Å². The van der Waals surface area contributed by atoms with Gasteiger partial charge in [-0.2, -0.15) is 0 Å². The lowest BCUT2D eigenvalue weighted by Gasteiger charge is -2.16. The van der Waals surface area contributed by atoms with Gasteiger partial charge in [0.05, 0.1) is 10.7 Å². The summed E-state index contributed by atoms with van der Waals surface area (Å²) in [7, 11) is 0. The fraction of sp³-hybridized carbons (Fsp3) is 0.222. The molecule has 3 nitrogen and oxygen atoms in total. The molecule has 74 valence electrons. The van der Waals surface area contributed by atoms with Crippen molar-refractivity contribution in [2.24, 2.45) is 5.73 Å². The zero-order chi connectivity index (χ0) is 10.5. The summed E-state index contributed by atoms with van der Waals surface area (Å²) in [5.74, 6) is -0.289. The van der Waals surface area contributed by atoms with E-state index >= 15 is 0 Å². The fourth-order valence-electron chi connectivity index (χ4n) is 1.54. The van der Waals surface area contributed by atoms with Gasteiger partial charge in [-0.1, -0.05) is 23.2 Å². The molecule has 1 heterocycles. The Morgan fingerprint density at radius 3 is 2.50 bits per heavy atom. The van der Waals surface area contributed by atoms with Crippen molar-refractivity contribution < 1.29 is 4.79 Å². The Bertz CT molecular complexity index is 429. The maximum atomic E-state index is 11.5. The molecule has 2 rings (SSSR count). The lowest BCUT2D eigenvalue weighted by atomic mass is 9.95. The van der Waals surface area contributed by atoms with Crippen LogP contribution in [-0.2, 0) is 10.3 Å². The SMILES string of the molecule is C[C@]1(N)C(=O)Nc2c(Cl)ccc(Cl)c21. The highest BCUT2D eigenvalue weighted by molar-refractivity contribution is 6.38. The number of amides is 1. The van der Waals surface area contributed by atoms with Crippen LogP contribution in [0.2, 0.25) is 10.0 Å². The minimum absolute atomic E-state index is 0.289.